The fraction of sp³-hybridized carbons (Fsp3) is 0.462. The second-order valence-electron chi connectivity index (χ2n) is 10.2. The molecule has 0 bridgehead atoms. The Balaban J connectivity index is 1.57. The monoisotopic (exact) mass is 529 g/mol. The molecule has 3 unspecified atom stereocenters. The summed E-state index contributed by atoms with van der Waals surface area (Å²) < 4.78 is 41.5. The first-order valence-electron chi connectivity index (χ1n) is 12.5. The van der Waals surface area contributed by atoms with Crippen LogP contribution in [0.1, 0.15) is 42.1 Å². The molecule has 3 aromatic rings. The number of hydrogen-bond acceptors (Lipinski definition) is 7. The first-order valence-corrected chi connectivity index (χ1v) is 12.5. The molecule has 3 heterocycles. The van der Waals surface area contributed by atoms with E-state index in [2.05, 4.69) is 15.2 Å². The highest BCUT2D eigenvalue weighted by atomic mass is 19.4. The maximum atomic E-state index is 13.8. The van der Waals surface area contributed by atoms with Crippen LogP contribution in [-0.2, 0) is 12.7 Å². The van der Waals surface area contributed by atoms with Crippen LogP contribution in [0.3, 0.4) is 0 Å². The van der Waals surface area contributed by atoms with Crippen molar-refractivity contribution in [2.75, 3.05) is 20.1 Å². The van der Waals surface area contributed by atoms with Crippen molar-refractivity contribution in [3.05, 3.63) is 47.3 Å². The van der Waals surface area contributed by atoms with Gasteiger partial charge >= 0.3 is 6.18 Å². The number of benzene rings is 1. The maximum absolute atomic E-state index is 13.8. The Labute approximate surface area is 217 Å². The highest BCUT2D eigenvalue weighted by Gasteiger charge is 2.36. The molecule has 1 saturated carbocycles. The van der Waals surface area contributed by atoms with E-state index in [1.54, 1.807) is 18.0 Å². The van der Waals surface area contributed by atoms with E-state index in [1.807, 2.05) is 18.2 Å². The van der Waals surface area contributed by atoms with Gasteiger partial charge in [-0.05, 0) is 36.5 Å². The van der Waals surface area contributed by atoms with Crippen LogP contribution >= 0.6 is 0 Å². The average molecular weight is 530 g/mol. The molecule has 3 atom stereocenters. The van der Waals surface area contributed by atoms with E-state index in [0.29, 0.717) is 22.6 Å². The molecule has 38 heavy (non-hydrogen) atoms. The Morgan fingerprint density at radius 1 is 1.24 bits per heavy atom. The molecule has 5 N–H and O–H groups in total. The number of halogens is 3. The van der Waals surface area contributed by atoms with Crippen LogP contribution in [0, 0.1) is 16.7 Å². The number of aromatic nitrogens is 3. The third kappa shape index (κ3) is 4.91. The Hall–Kier alpha value is -3.35. The van der Waals surface area contributed by atoms with Gasteiger partial charge in [0.25, 0.3) is 0 Å². The summed E-state index contributed by atoms with van der Waals surface area (Å²) in [5.74, 6) is 0.320. The summed E-state index contributed by atoms with van der Waals surface area (Å²) in [6.45, 7) is 0.262. The van der Waals surface area contributed by atoms with Gasteiger partial charge in [-0.1, -0.05) is 24.6 Å². The van der Waals surface area contributed by atoms with Gasteiger partial charge in [0.2, 0.25) is 0 Å². The van der Waals surface area contributed by atoms with Gasteiger partial charge in [0.05, 0.1) is 29.8 Å². The molecule has 0 amide bonds. The number of likely N-dealkylation sites (tertiary alicyclic amines) is 1. The van der Waals surface area contributed by atoms with E-state index in [0.717, 1.165) is 37.2 Å². The lowest BCUT2D eigenvalue weighted by Crippen LogP contribution is -2.36. The van der Waals surface area contributed by atoms with Crippen LogP contribution in [0.15, 0.2) is 30.3 Å². The zero-order valence-electron chi connectivity index (χ0n) is 20.8. The summed E-state index contributed by atoms with van der Waals surface area (Å²) in [4.78, 5) is 7.01. The highest BCUT2D eigenvalue weighted by Crippen LogP contribution is 2.42. The number of nitrogens with one attached hydrogen (secondary N) is 3. The number of pyridine rings is 1. The first kappa shape index (κ1) is 26.3. The van der Waals surface area contributed by atoms with E-state index < -0.39 is 24.1 Å². The summed E-state index contributed by atoms with van der Waals surface area (Å²) in [5.41, 5.74) is 1.26. The second kappa shape index (κ2) is 10.1. The molecule has 2 fully saturated rings. The van der Waals surface area contributed by atoms with Crippen molar-refractivity contribution in [3.8, 4) is 11.3 Å². The van der Waals surface area contributed by atoms with E-state index in [1.165, 1.54) is 4.90 Å². The smallest absolute Gasteiger partial charge is 0.389 e. The van der Waals surface area contributed by atoms with Crippen LogP contribution in [-0.4, -0.2) is 79.7 Å². The van der Waals surface area contributed by atoms with E-state index in [4.69, 9.17) is 10.8 Å². The zero-order valence-corrected chi connectivity index (χ0v) is 20.8. The van der Waals surface area contributed by atoms with Gasteiger partial charge in [-0.2, -0.15) is 18.3 Å². The summed E-state index contributed by atoms with van der Waals surface area (Å²) in [6.07, 6.45) is -2.49. The Kier molecular flexibility index (Phi) is 6.97. The summed E-state index contributed by atoms with van der Waals surface area (Å²) in [6, 6.07) is 8.36. The molecule has 0 radical (unpaired) electrons. The molecule has 2 aliphatic rings. The quantitative estimate of drug-likeness (QED) is 0.235. The SMILES string of the molecule is CN(C=N)C(=N)C(c1cccc(-c2n[nH]c3c(CN4CC(O)C(O)C4)nc(C(F)(F)F)cc23)c1)C1CCC1. The minimum absolute atomic E-state index is 0.00703. The van der Waals surface area contributed by atoms with Crippen molar-refractivity contribution in [3.63, 3.8) is 0 Å². The summed E-state index contributed by atoms with van der Waals surface area (Å²) >= 11 is 0. The predicted molar refractivity (Wildman–Crippen MR) is 136 cm³/mol. The number of hydrogen-bond donors (Lipinski definition) is 5. The van der Waals surface area contributed by atoms with Crippen LogP contribution < -0.4 is 0 Å². The minimum Gasteiger partial charge on any atom is -0.389 e. The average Bonchev–Trinajstić information content (AvgIpc) is 3.42. The largest absolute Gasteiger partial charge is 0.433 e. The van der Waals surface area contributed by atoms with E-state index in [9.17, 15) is 23.4 Å². The predicted octanol–water partition coefficient (Wildman–Crippen LogP) is 3.58. The lowest BCUT2D eigenvalue weighted by Gasteiger charge is -2.36. The van der Waals surface area contributed by atoms with Gasteiger partial charge in [0.1, 0.15) is 17.2 Å². The van der Waals surface area contributed by atoms with Crippen molar-refractivity contribution in [1.82, 2.24) is 25.0 Å². The number of β-amino-alcohol motifs (C(OH)–C–C–N with tert-alkyl or cyclic N) is 2. The number of likely N-dealkylation sites (N-methyl/N-ethyl adjacent to an activating group) is 1. The number of amidine groups is 1. The molecule has 1 saturated heterocycles. The van der Waals surface area contributed by atoms with Crippen LogP contribution in [0.2, 0.25) is 0 Å². The van der Waals surface area contributed by atoms with Gasteiger partial charge in [0.15, 0.2) is 0 Å². The minimum atomic E-state index is -4.68. The standard InChI is InChI=1S/C26H30F3N7O2/c1-35(13-30)25(31)22(14-4-2-5-14)15-6-3-7-16(8-15)23-17-9-21(26(27,28)29)32-18(24(17)34-33-23)10-36-11-19(37)20(38)12-36/h3,6-9,13-14,19-20,22,30-31,37-38H,2,4-5,10-12H2,1H3,(H,33,34). The van der Waals surface area contributed by atoms with Crippen LogP contribution in [0.25, 0.3) is 22.2 Å². The number of H-pyrrole nitrogens is 1. The van der Waals surface area contributed by atoms with Gasteiger partial charge in [0, 0.05) is 43.5 Å². The fourth-order valence-electron chi connectivity index (χ4n) is 5.34. The van der Waals surface area contributed by atoms with Crippen LogP contribution in [0.4, 0.5) is 13.2 Å². The van der Waals surface area contributed by atoms with Gasteiger partial charge < -0.3 is 15.1 Å². The number of aromatic amines is 1. The van der Waals surface area contributed by atoms with Crippen molar-refractivity contribution < 1.29 is 23.4 Å². The Morgan fingerprint density at radius 2 is 1.95 bits per heavy atom. The first-order chi connectivity index (χ1) is 18.1. The molecule has 12 heteroatoms. The van der Waals surface area contributed by atoms with E-state index >= 15 is 0 Å². The number of alkyl halides is 3. The molecule has 2 aromatic heterocycles. The highest BCUT2D eigenvalue weighted by molar-refractivity contribution is 5.96. The number of aliphatic hydroxyl groups is 2. The lowest BCUT2D eigenvalue weighted by molar-refractivity contribution is -0.141. The van der Waals surface area contributed by atoms with Gasteiger partial charge in [-0.15, -0.1) is 0 Å². The topological polar surface area (TPSA) is 136 Å². The maximum Gasteiger partial charge on any atom is 0.433 e. The molecule has 9 nitrogen and oxygen atoms in total. The molecular weight excluding hydrogens is 499 g/mol. The summed E-state index contributed by atoms with van der Waals surface area (Å²) in [7, 11) is 1.66. The number of aliphatic hydroxyl groups excluding tert-OH is 2. The molecule has 5 rings (SSSR count). The normalized spacial score (nSPS) is 21.4. The van der Waals surface area contributed by atoms with Crippen molar-refractivity contribution in [1.29, 1.82) is 10.8 Å². The molecule has 1 aliphatic heterocycles. The molecule has 1 aromatic carbocycles. The van der Waals surface area contributed by atoms with Crippen molar-refractivity contribution in [2.45, 2.75) is 50.1 Å². The fourth-order valence-corrected chi connectivity index (χ4v) is 5.34. The Morgan fingerprint density at radius 3 is 2.55 bits per heavy atom. The third-order valence-corrected chi connectivity index (χ3v) is 7.64. The van der Waals surface area contributed by atoms with Crippen molar-refractivity contribution >= 4 is 23.1 Å². The van der Waals surface area contributed by atoms with Gasteiger partial charge in [-0.3, -0.25) is 20.8 Å². The molecule has 1 aliphatic carbocycles. The number of fused-ring (bicyclic) bond motifs is 1. The number of nitrogens with zero attached hydrogens (tertiary/aromatic N) is 4. The zero-order chi connectivity index (χ0) is 27.2. The second-order valence-corrected chi connectivity index (χ2v) is 10.2. The van der Waals surface area contributed by atoms with Crippen LogP contribution in [0.5, 0.6) is 0 Å². The van der Waals surface area contributed by atoms with Crippen molar-refractivity contribution in [2.24, 2.45) is 5.92 Å². The molecule has 0 spiro atoms. The lowest BCUT2D eigenvalue weighted by atomic mass is 9.72. The van der Waals surface area contributed by atoms with Gasteiger partial charge in [-0.25, -0.2) is 4.98 Å². The number of rotatable bonds is 7. The summed E-state index contributed by atoms with van der Waals surface area (Å²) in [5, 5.41) is 43.5. The molecular formula is C26H30F3N7O2. The third-order valence-electron chi connectivity index (χ3n) is 7.64. The van der Waals surface area contributed by atoms with E-state index in [-0.39, 0.29) is 42.6 Å². The molecule has 202 valence electrons. The Bertz CT molecular complexity index is 1340.